The van der Waals surface area contributed by atoms with Gasteiger partial charge in [0, 0.05) is 50.1 Å². The number of hydrogen-bond acceptors (Lipinski definition) is 4. The number of hydrogen-bond donors (Lipinski definition) is 0. The summed E-state index contributed by atoms with van der Waals surface area (Å²) < 4.78 is 0. The molecule has 0 spiro atoms. The van der Waals surface area contributed by atoms with Gasteiger partial charge in [0.25, 0.3) is 0 Å². The summed E-state index contributed by atoms with van der Waals surface area (Å²) in [5.41, 5.74) is 0.942. The average molecular weight is 287 g/mol. The van der Waals surface area contributed by atoms with Gasteiger partial charge in [0.15, 0.2) is 0 Å². The van der Waals surface area contributed by atoms with E-state index >= 15 is 0 Å². The summed E-state index contributed by atoms with van der Waals surface area (Å²) in [6.45, 7) is 11.8. The van der Waals surface area contributed by atoms with Gasteiger partial charge in [0.1, 0.15) is 17.5 Å². The molecule has 0 atom stereocenters. The Morgan fingerprint density at radius 2 is 2.05 bits per heavy atom. The highest BCUT2D eigenvalue weighted by Crippen LogP contribution is 2.17. The second-order valence-electron chi connectivity index (χ2n) is 6.09. The maximum Gasteiger partial charge on any atom is 0.136 e. The Morgan fingerprint density at radius 1 is 1.38 bits per heavy atom. The van der Waals surface area contributed by atoms with Crippen molar-refractivity contribution >= 4 is 17.9 Å². The molecule has 0 aliphatic carbocycles. The molecule has 0 aromatic carbocycles. The van der Waals surface area contributed by atoms with Crippen LogP contribution in [-0.2, 0) is 6.42 Å². The molecule has 0 N–H and O–H groups in total. The second kappa shape index (κ2) is 7.11. The summed E-state index contributed by atoms with van der Waals surface area (Å²) >= 11 is 0. The van der Waals surface area contributed by atoms with Crippen LogP contribution in [0.25, 0.3) is 0 Å². The Balaban J connectivity index is 2.88. The predicted molar refractivity (Wildman–Crippen MR) is 90.4 cm³/mol. The van der Waals surface area contributed by atoms with Gasteiger partial charge in [0.2, 0.25) is 0 Å². The van der Waals surface area contributed by atoms with E-state index in [2.05, 4.69) is 47.3 Å². The molecule has 1 aromatic heterocycles. The van der Waals surface area contributed by atoms with Crippen molar-refractivity contribution < 1.29 is 0 Å². The number of aliphatic imine (C=N–C) groups is 2. The Bertz CT molecular complexity index is 550. The molecular weight excluding hydrogens is 262 g/mol. The van der Waals surface area contributed by atoms with Gasteiger partial charge in [-0.2, -0.15) is 0 Å². The van der Waals surface area contributed by atoms with Gasteiger partial charge in [-0.05, 0) is 6.92 Å². The summed E-state index contributed by atoms with van der Waals surface area (Å²) in [7, 11) is 3.95. The highest BCUT2D eigenvalue weighted by Gasteiger charge is 2.17. The van der Waals surface area contributed by atoms with E-state index in [0.717, 1.165) is 23.0 Å². The van der Waals surface area contributed by atoms with Crippen LogP contribution in [0.1, 0.15) is 32.2 Å². The minimum Gasteiger partial charge on any atom is -0.362 e. The molecule has 0 fully saturated rings. The lowest BCUT2D eigenvalue weighted by Gasteiger charge is -2.17. The molecule has 0 unspecified atom stereocenters. The van der Waals surface area contributed by atoms with Gasteiger partial charge in [-0.3, -0.25) is 0 Å². The highest BCUT2D eigenvalue weighted by atomic mass is 15.1. The predicted octanol–water partition coefficient (Wildman–Crippen LogP) is 3.05. The summed E-state index contributed by atoms with van der Waals surface area (Å²) in [6, 6.07) is 0. The third-order valence-corrected chi connectivity index (χ3v) is 2.79. The lowest BCUT2D eigenvalue weighted by Crippen LogP contribution is -2.18. The van der Waals surface area contributed by atoms with Crippen LogP contribution in [0.2, 0.25) is 0 Å². The van der Waals surface area contributed by atoms with Gasteiger partial charge in [0.05, 0.1) is 0 Å². The number of rotatable bonds is 4. The van der Waals surface area contributed by atoms with Gasteiger partial charge in [-0.25, -0.2) is 20.0 Å². The summed E-state index contributed by atoms with van der Waals surface area (Å²) in [5, 5.41) is 0. The number of aromatic nitrogens is 2. The first-order valence-corrected chi connectivity index (χ1v) is 6.97. The number of amidine groups is 1. The fourth-order valence-electron chi connectivity index (χ4n) is 1.74. The zero-order valence-electron chi connectivity index (χ0n) is 13.9. The van der Waals surface area contributed by atoms with Crippen LogP contribution in [0.5, 0.6) is 0 Å². The molecule has 114 valence electrons. The first-order valence-electron chi connectivity index (χ1n) is 6.97. The van der Waals surface area contributed by atoms with E-state index in [1.807, 2.05) is 32.1 Å². The standard InChI is InChI=1S/C16H25N5/c1-8-17-15(16(3,4)5)18-10-9-13-19-11-12(2)14(20-13)21(6)7/h8,10-11H,1,9H2,2-7H3. The molecule has 1 heterocycles. The summed E-state index contributed by atoms with van der Waals surface area (Å²) in [4.78, 5) is 19.5. The molecule has 0 saturated carbocycles. The molecule has 0 amide bonds. The average Bonchev–Trinajstić information content (AvgIpc) is 2.38. The Morgan fingerprint density at radius 3 is 2.57 bits per heavy atom. The molecule has 0 bridgehead atoms. The molecule has 0 saturated heterocycles. The van der Waals surface area contributed by atoms with E-state index in [9.17, 15) is 0 Å². The topological polar surface area (TPSA) is 53.7 Å². The van der Waals surface area contributed by atoms with Crippen molar-refractivity contribution in [1.82, 2.24) is 9.97 Å². The monoisotopic (exact) mass is 287 g/mol. The lowest BCUT2D eigenvalue weighted by atomic mass is 9.95. The van der Waals surface area contributed by atoms with E-state index in [4.69, 9.17) is 0 Å². The van der Waals surface area contributed by atoms with Crippen LogP contribution < -0.4 is 4.90 Å². The highest BCUT2D eigenvalue weighted by molar-refractivity contribution is 5.93. The van der Waals surface area contributed by atoms with Crippen LogP contribution >= 0.6 is 0 Å². The molecule has 5 nitrogen and oxygen atoms in total. The quantitative estimate of drug-likeness (QED) is 0.632. The zero-order valence-corrected chi connectivity index (χ0v) is 13.9. The van der Waals surface area contributed by atoms with Gasteiger partial charge >= 0.3 is 0 Å². The van der Waals surface area contributed by atoms with Crippen LogP contribution in [0, 0.1) is 12.3 Å². The van der Waals surface area contributed by atoms with Crippen molar-refractivity contribution in [2.24, 2.45) is 15.4 Å². The van der Waals surface area contributed by atoms with Crippen molar-refractivity contribution in [2.45, 2.75) is 34.1 Å². The van der Waals surface area contributed by atoms with Gasteiger partial charge < -0.3 is 4.90 Å². The lowest BCUT2D eigenvalue weighted by molar-refractivity contribution is 0.585. The van der Waals surface area contributed by atoms with Crippen LogP contribution in [0.15, 0.2) is 29.0 Å². The number of aryl methyl sites for hydroxylation is 1. The van der Waals surface area contributed by atoms with Crippen molar-refractivity contribution in [1.29, 1.82) is 0 Å². The van der Waals surface area contributed by atoms with Gasteiger partial charge in [-0.15, -0.1) is 0 Å². The van der Waals surface area contributed by atoms with E-state index < -0.39 is 0 Å². The van der Waals surface area contributed by atoms with Gasteiger partial charge in [-0.1, -0.05) is 27.4 Å². The summed E-state index contributed by atoms with van der Waals surface area (Å²) in [5.74, 6) is 2.43. The van der Waals surface area contributed by atoms with E-state index in [0.29, 0.717) is 6.42 Å². The van der Waals surface area contributed by atoms with Crippen molar-refractivity contribution in [3.8, 4) is 0 Å². The maximum absolute atomic E-state index is 4.54. The minimum absolute atomic E-state index is 0.117. The van der Waals surface area contributed by atoms with E-state index in [-0.39, 0.29) is 5.41 Å². The Hall–Kier alpha value is -2.04. The fourth-order valence-corrected chi connectivity index (χ4v) is 1.74. The molecule has 0 aliphatic heterocycles. The molecule has 0 radical (unpaired) electrons. The van der Waals surface area contributed by atoms with Crippen LogP contribution in [0.3, 0.4) is 0 Å². The van der Waals surface area contributed by atoms with Crippen LogP contribution in [0.4, 0.5) is 5.82 Å². The zero-order chi connectivity index (χ0) is 16.0. The molecule has 0 aliphatic rings. The van der Waals surface area contributed by atoms with Crippen molar-refractivity contribution in [2.75, 3.05) is 19.0 Å². The fraction of sp³-hybridized carbons (Fsp3) is 0.500. The molecule has 1 rings (SSSR count). The minimum atomic E-state index is -0.117. The van der Waals surface area contributed by atoms with Crippen molar-refractivity contribution in [3.63, 3.8) is 0 Å². The smallest absolute Gasteiger partial charge is 0.136 e. The van der Waals surface area contributed by atoms with E-state index in [1.54, 1.807) is 6.21 Å². The SMILES string of the molecule is C=CN=C(N=CCc1ncc(C)c(N(C)C)n1)C(C)(C)C. The van der Waals surface area contributed by atoms with Crippen LogP contribution in [-0.4, -0.2) is 36.1 Å². The summed E-state index contributed by atoms with van der Waals surface area (Å²) in [6.07, 6.45) is 5.74. The first kappa shape index (κ1) is 17.0. The Kier molecular flexibility index (Phi) is 5.76. The maximum atomic E-state index is 4.54. The number of nitrogens with zero attached hydrogens (tertiary/aromatic N) is 5. The van der Waals surface area contributed by atoms with E-state index in [1.165, 1.54) is 6.20 Å². The molecular formula is C16H25N5. The normalized spacial score (nSPS) is 12.8. The third kappa shape index (κ3) is 5.10. The molecule has 5 heteroatoms. The largest absolute Gasteiger partial charge is 0.362 e. The third-order valence-electron chi connectivity index (χ3n) is 2.79. The molecule has 1 aromatic rings. The Labute approximate surface area is 127 Å². The first-order chi connectivity index (χ1) is 9.75. The van der Waals surface area contributed by atoms with Crippen molar-refractivity contribution in [3.05, 3.63) is 30.4 Å². The second-order valence-corrected chi connectivity index (χ2v) is 6.09. The molecule has 21 heavy (non-hydrogen) atoms. The number of anilines is 1.